The van der Waals surface area contributed by atoms with E-state index in [1.165, 1.54) is 11.3 Å². The van der Waals surface area contributed by atoms with E-state index in [1.54, 1.807) is 16.8 Å². The van der Waals surface area contributed by atoms with E-state index in [9.17, 15) is 18.3 Å². The Balaban J connectivity index is 2.27. The molecule has 1 saturated carbocycles. The molecule has 1 heterocycles. The van der Waals surface area contributed by atoms with E-state index in [0.29, 0.717) is 18.4 Å². The van der Waals surface area contributed by atoms with Gasteiger partial charge in [-0.1, -0.05) is 11.8 Å². The predicted molar refractivity (Wildman–Crippen MR) is 54.9 cm³/mol. The number of rotatable bonds is 1. The van der Waals surface area contributed by atoms with Gasteiger partial charge in [0.25, 0.3) is 0 Å². The highest BCUT2D eigenvalue weighted by Gasteiger charge is 2.61. The fourth-order valence-corrected chi connectivity index (χ4v) is 2.00. The van der Waals surface area contributed by atoms with Gasteiger partial charge in [0.1, 0.15) is 0 Å². The van der Waals surface area contributed by atoms with Crippen LogP contribution in [0.15, 0.2) is 16.8 Å². The summed E-state index contributed by atoms with van der Waals surface area (Å²) in [6, 6.07) is 1.63. The predicted octanol–water partition coefficient (Wildman–Crippen LogP) is 2.80. The number of halogens is 3. The van der Waals surface area contributed by atoms with E-state index in [2.05, 4.69) is 5.92 Å². The normalized spacial score (nSPS) is 19.8. The molecule has 2 rings (SSSR count). The first-order valence-corrected chi connectivity index (χ1v) is 5.72. The third kappa shape index (κ3) is 2.08. The Bertz CT molecular complexity index is 422. The van der Waals surface area contributed by atoms with Crippen LogP contribution < -0.4 is 0 Å². The molecule has 1 aliphatic rings. The van der Waals surface area contributed by atoms with Crippen LogP contribution in [0.1, 0.15) is 18.4 Å². The van der Waals surface area contributed by atoms with E-state index in [1.807, 2.05) is 5.92 Å². The molecule has 1 aromatic heterocycles. The van der Waals surface area contributed by atoms with Crippen LogP contribution in [-0.4, -0.2) is 16.9 Å². The number of hydrogen-bond acceptors (Lipinski definition) is 2. The van der Waals surface area contributed by atoms with Crippen LogP contribution in [0.4, 0.5) is 13.2 Å². The Morgan fingerprint density at radius 3 is 2.50 bits per heavy atom. The molecule has 0 aliphatic heterocycles. The minimum atomic E-state index is -4.68. The van der Waals surface area contributed by atoms with Gasteiger partial charge >= 0.3 is 6.18 Å². The van der Waals surface area contributed by atoms with Gasteiger partial charge in [0.2, 0.25) is 5.60 Å². The summed E-state index contributed by atoms with van der Waals surface area (Å²) in [5.41, 5.74) is -2.33. The van der Waals surface area contributed by atoms with Crippen molar-refractivity contribution >= 4 is 11.3 Å². The zero-order valence-corrected chi connectivity index (χ0v) is 9.03. The van der Waals surface area contributed by atoms with E-state index in [4.69, 9.17) is 0 Å². The minimum Gasteiger partial charge on any atom is -0.369 e. The smallest absolute Gasteiger partial charge is 0.369 e. The van der Waals surface area contributed by atoms with E-state index in [0.717, 1.165) is 0 Å². The number of alkyl halides is 3. The van der Waals surface area contributed by atoms with Crippen LogP contribution >= 0.6 is 11.3 Å². The molecule has 0 amide bonds. The zero-order chi connectivity index (χ0) is 11.8. The molecule has 1 atom stereocenters. The Morgan fingerprint density at radius 2 is 2.06 bits per heavy atom. The van der Waals surface area contributed by atoms with Crippen LogP contribution in [-0.2, 0) is 0 Å². The van der Waals surface area contributed by atoms with Crippen molar-refractivity contribution in [1.29, 1.82) is 0 Å². The van der Waals surface area contributed by atoms with Crippen molar-refractivity contribution in [3.05, 3.63) is 22.4 Å². The maximum absolute atomic E-state index is 12.7. The van der Waals surface area contributed by atoms with Crippen molar-refractivity contribution in [3.63, 3.8) is 0 Å². The average Bonchev–Trinajstić information content (AvgIpc) is 2.91. The van der Waals surface area contributed by atoms with Gasteiger partial charge in [-0.2, -0.15) is 24.5 Å². The molecule has 1 unspecified atom stereocenters. The Hall–Kier alpha value is -0.990. The lowest BCUT2D eigenvalue weighted by atomic mass is 9.97. The standard InChI is InChI=1S/C11H9F3OS/c12-11(13,14)10(15,9-1-2-9)5-3-8-4-6-16-7-8/h4,6-7,9,15H,1-2H2. The molecule has 0 radical (unpaired) electrons. The fourth-order valence-electron chi connectivity index (χ4n) is 1.41. The molecule has 5 heteroatoms. The van der Waals surface area contributed by atoms with Gasteiger partial charge in [0.15, 0.2) is 0 Å². The van der Waals surface area contributed by atoms with Crippen LogP contribution in [0, 0.1) is 17.8 Å². The van der Waals surface area contributed by atoms with Crippen molar-refractivity contribution in [2.24, 2.45) is 5.92 Å². The molecular formula is C11H9F3OS. The average molecular weight is 246 g/mol. The highest BCUT2D eigenvalue weighted by Crippen LogP contribution is 2.47. The third-order valence-electron chi connectivity index (χ3n) is 2.52. The van der Waals surface area contributed by atoms with E-state index in [-0.39, 0.29) is 0 Å². The second-order valence-electron chi connectivity index (χ2n) is 3.80. The molecule has 0 aromatic carbocycles. The molecule has 1 nitrogen and oxygen atoms in total. The van der Waals surface area contributed by atoms with Gasteiger partial charge in [0.05, 0.1) is 0 Å². The monoisotopic (exact) mass is 246 g/mol. The zero-order valence-electron chi connectivity index (χ0n) is 8.21. The maximum Gasteiger partial charge on any atom is 0.428 e. The quantitative estimate of drug-likeness (QED) is 0.755. The summed E-state index contributed by atoms with van der Waals surface area (Å²) in [5.74, 6) is 3.61. The topological polar surface area (TPSA) is 20.2 Å². The number of thiophene rings is 1. The number of aliphatic hydroxyl groups is 1. The first-order valence-electron chi connectivity index (χ1n) is 4.78. The van der Waals surface area contributed by atoms with E-state index >= 15 is 0 Å². The summed E-state index contributed by atoms with van der Waals surface area (Å²) in [5, 5.41) is 13.0. The second kappa shape index (κ2) is 3.79. The summed E-state index contributed by atoms with van der Waals surface area (Å²) < 4.78 is 38.0. The summed E-state index contributed by atoms with van der Waals surface area (Å²) in [7, 11) is 0. The van der Waals surface area contributed by atoms with Gasteiger partial charge in [-0.05, 0) is 24.3 Å². The molecule has 16 heavy (non-hydrogen) atoms. The largest absolute Gasteiger partial charge is 0.428 e. The Kier molecular flexibility index (Phi) is 2.72. The van der Waals surface area contributed by atoms with Crippen molar-refractivity contribution in [2.75, 3.05) is 0 Å². The molecule has 1 fully saturated rings. The Morgan fingerprint density at radius 1 is 1.38 bits per heavy atom. The summed E-state index contributed by atoms with van der Waals surface area (Å²) in [6.45, 7) is 0. The molecule has 1 aliphatic carbocycles. The summed E-state index contributed by atoms with van der Waals surface area (Å²) in [6.07, 6.45) is -3.92. The van der Waals surface area contributed by atoms with Crippen molar-refractivity contribution in [3.8, 4) is 11.8 Å². The molecule has 86 valence electrons. The van der Waals surface area contributed by atoms with Crippen molar-refractivity contribution < 1.29 is 18.3 Å². The van der Waals surface area contributed by atoms with Gasteiger partial charge in [-0.15, -0.1) is 0 Å². The van der Waals surface area contributed by atoms with Crippen molar-refractivity contribution in [2.45, 2.75) is 24.6 Å². The third-order valence-corrected chi connectivity index (χ3v) is 3.20. The molecule has 1 N–H and O–H groups in total. The Labute approximate surface area is 94.9 Å². The molecule has 0 saturated heterocycles. The van der Waals surface area contributed by atoms with Crippen LogP contribution in [0.5, 0.6) is 0 Å². The van der Waals surface area contributed by atoms with Crippen LogP contribution in [0.2, 0.25) is 0 Å². The van der Waals surface area contributed by atoms with Gasteiger partial charge in [-0.3, -0.25) is 0 Å². The highest BCUT2D eigenvalue weighted by atomic mass is 32.1. The van der Waals surface area contributed by atoms with Crippen LogP contribution in [0.3, 0.4) is 0 Å². The van der Waals surface area contributed by atoms with E-state index < -0.39 is 17.7 Å². The first-order chi connectivity index (χ1) is 7.43. The van der Waals surface area contributed by atoms with Gasteiger partial charge < -0.3 is 5.11 Å². The molecule has 0 spiro atoms. The number of hydrogen-bond donors (Lipinski definition) is 1. The summed E-state index contributed by atoms with van der Waals surface area (Å²) >= 11 is 1.36. The molecule has 1 aromatic rings. The molecular weight excluding hydrogens is 237 g/mol. The van der Waals surface area contributed by atoms with Crippen molar-refractivity contribution in [1.82, 2.24) is 0 Å². The first kappa shape index (κ1) is 11.5. The lowest BCUT2D eigenvalue weighted by molar-refractivity contribution is -0.242. The van der Waals surface area contributed by atoms with Crippen LogP contribution in [0.25, 0.3) is 0 Å². The maximum atomic E-state index is 12.7. The lowest BCUT2D eigenvalue weighted by Gasteiger charge is -2.24. The SMILES string of the molecule is OC(C#Cc1ccsc1)(C1CC1)C(F)(F)F. The highest BCUT2D eigenvalue weighted by molar-refractivity contribution is 7.08. The lowest BCUT2D eigenvalue weighted by Crippen LogP contribution is -2.46. The molecule has 0 bridgehead atoms. The fraction of sp³-hybridized carbons (Fsp3) is 0.455. The van der Waals surface area contributed by atoms with Gasteiger partial charge in [0, 0.05) is 16.9 Å². The minimum absolute atomic E-state index is 0.383. The van der Waals surface area contributed by atoms with Gasteiger partial charge in [-0.25, -0.2) is 0 Å². The summed E-state index contributed by atoms with van der Waals surface area (Å²) in [4.78, 5) is 0. The second-order valence-corrected chi connectivity index (χ2v) is 4.58.